The number of carbonyl (C=O) groups is 1. The summed E-state index contributed by atoms with van der Waals surface area (Å²) >= 11 is 0. The van der Waals surface area contributed by atoms with Crippen molar-refractivity contribution in [2.75, 3.05) is 13.3 Å². The molecule has 1 amide bonds. The number of nitrogens with zero attached hydrogens (tertiary/aromatic N) is 1. The number of carbonyl (C=O) groups excluding carboxylic acids is 1. The van der Waals surface area contributed by atoms with E-state index in [0.717, 1.165) is 25.7 Å². The molecule has 1 aliphatic heterocycles. The molecule has 0 bridgehead atoms. The Morgan fingerprint density at radius 2 is 1.97 bits per heavy atom. The van der Waals surface area contributed by atoms with Crippen molar-refractivity contribution in [3.8, 4) is 23.1 Å². The SMILES string of the molecule is CC(C)(O)C1CCC(CNC(=O)c2cccnc2Oc2ccc3c(c2)OCO3)CC1. The lowest BCUT2D eigenvalue weighted by Gasteiger charge is -2.35. The van der Waals surface area contributed by atoms with Gasteiger partial charge >= 0.3 is 0 Å². The standard InChI is InChI=1S/C23H28N2O5/c1-23(2,27)16-7-5-15(6-8-16)13-25-21(26)18-4-3-11-24-22(18)30-17-9-10-19-20(12-17)29-14-28-19/h3-4,9-12,15-16,27H,5-8,13-14H2,1-2H3,(H,25,26). The quantitative estimate of drug-likeness (QED) is 0.748. The Morgan fingerprint density at radius 3 is 2.73 bits per heavy atom. The number of rotatable bonds is 6. The predicted molar refractivity (Wildman–Crippen MR) is 111 cm³/mol. The molecule has 160 valence electrons. The van der Waals surface area contributed by atoms with Crippen molar-refractivity contribution in [2.24, 2.45) is 11.8 Å². The van der Waals surface area contributed by atoms with Crippen LogP contribution in [0.5, 0.6) is 23.1 Å². The fourth-order valence-corrected chi connectivity index (χ4v) is 4.10. The minimum absolute atomic E-state index is 0.188. The molecule has 0 spiro atoms. The topological polar surface area (TPSA) is 89.9 Å². The number of aromatic nitrogens is 1. The van der Waals surface area contributed by atoms with Gasteiger partial charge in [-0.3, -0.25) is 4.79 Å². The highest BCUT2D eigenvalue weighted by atomic mass is 16.7. The molecule has 4 rings (SSSR count). The van der Waals surface area contributed by atoms with Crippen LogP contribution in [0.25, 0.3) is 0 Å². The van der Waals surface area contributed by atoms with Gasteiger partial charge in [0.05, 0.1) is 5.60 Å². The van der Waals surface area contributed by atoms with Crippen molar-refractivity contribution >= 4 is 5.91 Å². The van der Waals surface area contributed by atoms with Gasteiger partial charge in [0.2, 0.25) is 12.7 Å². The molecule has 2 N–H and O–H groups in total. The number of pyridine rings is 1. The molecule has 2 aromatic rings. The fourth-order valence-electron chi connectivity index (χ4n) is 4.10. The third-order valence-electron chi connectivity index (χ3n) is 5.97. The summed E-state index contributed by atoms with van der Waals surface area (Å²) in [5.74, 6) is 2.59. The maximum Gasteiger partial charge on any atom is 0.256 e. The third-order valence-corrected chi connectivity index (χ3v) is 5.97. The van der Waals surface area contributed by atoms with Crippen LogP contribution in [0.2, 0.25) is 0 Å². The van der Waals surface area contributed by atoms with Crippen LogP contribution >= 0.6 is 0 Å². The molecule has 1 aromatic heterocycles. The van der Waals surface area contributed by atoms with Crippen LogP contribution in [-0.4, -0.2) is 34.9 Å². The van der Waals surface area contributed by atoms with E-state index in [4.69, 9.17) is 14.2 Å². The highest BCUT2D eigenvalue weighted by Gasteiger charge is 2.31. The van der Waals surface area contributed by atoms with Crippen molar-refractivity contribution < 1.29 is 24.1 Å². The summed E-state index contributed by atoms with van der Waals surface area (Å²) in [5.41, 5.74) is -0.245. The first-order chi connectivity index (χ1) is 14.4. The van der Waals surface area contributed by atoms with Crippen LogP contribution in [0.1, 0.15) is 49.9 Å². The monoisotopic (exact) mass is 412 g/mol. The number of benzene rings is 1. The second-order valence-electron chi connectivity index (χ2n) is 8.55. The molecule has 7 heteroatoms. The molecule has 1 aromatic carbocycles. The second-order valence-corrected chi connectivity index (χ2v) is 8.55. The van der Waals surface area contributed by atoms with Gasteiger partial charge in [-0.15, -0.1) is 0 Å². The van der Waals surface area contributed by atoms with E-state index < -0.39 is 5.60 Å². The molecule has 30 heavy (non-hydrogen) atoms. The molecule has 0 radical (unpaired) electrons. The van der Waals surface area contributed by atoms with E-state index in [1.54, 1.807) is 36.5 Å². The lowest BCUT2D eigenvalue weighted by atomic mass is 9.75. The molecule has 1 fully saturated rings. The highest BCUT2D eigenvalue weighted by Crippen LogP contribution is 2.37. The Hall–Kier alpha value is -2.80. The first kappa shape index (κ1) is 20.5. The highest BCUT2D eigenvalue weighted by molar-refractivity contribution is 5.96. The van der Waals surface area contributed by atoms with Crippen LogP contribution in [0.3, 0.4) is 0 Å². The summed E-state index contributed by atoms with van der Waals surface area (Å²) < 4.78 is 16.5. The molecular formula is C23H28N2O5. The van der Waals surface area contributed by atoms with Gasteiger partial charge in [-0.2, -0.15) is 0 Å². The molecule has 2 heterocycles. The van der Waals surface area contributed by atoms with Crippen LogP contribution in [0.15, 0.2) is 36.5 Å². The Balaban J connectivity index is 1.36. The first-order valence-corrected chi connectivity index (χ1v) is 10.4. The summed E-state index contributed by atoms with van der Waals surface area (Å²) in [7, 11) is 0. The zero-order valence-electron chi connectivity index (χ0n) is 17.4. The van der Waals surface area contributed by atoms with E-state index in [1.807, 2.05) is 13.8 Å². The minimum atomic E-state index is -0.634. The van der Waals surface area contributed by atoms with Gasteiger partial charge in [-0.1, -0.05) is 0 Å². The smallest absolute Gasteiger partial charge is 0.256 e. The first-order valence-electron chi connectivity index (χ1n) is 10.4. The number of nitrogens with one attached hydrogen (secondary N) is 1. The number of hydrogen-bond acceptors (Lipinski definition) is 6. The zero-order valence-corrected chi connectivity index (χ0v) is 17.4. The molecule has 0 unspecified atom stereocenters. The van der Waals surface area contributed by atoms with Crippen molar-refractivity contribution in [3.63, 3.8) is 0 Å². The number of hydrogen-bond donors (Lipinski definition) is 2. The lowest BCUT2D eigenvalue weighted by Crippen LogP contribution is -2.37. The third kappa shape index (κ3) is 4.67. The van der Waals surface area contributed by atoms with Gasteiger partial charge in [0.15, 0.2) is 11.5 Å². The number of fused-ring (bicyclic) bond motifs is 1. The van der Waals surface area contributed by atoms with Crippen LogP contribution in [0.4, 0.5) is 0 Å². The summed E-state index contributed by atoms with van der Waals surface area (Å²) in [5, 5.41) is 13.2. The van der Waals surface area contributed by atoms with Crippen LogP contribution in [0, 0.1) is 11.8 Å². The van der Waals surface area contributed by atoms with Crippen LogP contribution in [-0.2, 0) is 0 Å². The van der Waals surface area contributed by atoms with Crippen molar-refractivity contribution in [3.05, 3.63) is 42.1 Å². The summed E-state index contributed by atoms with van der Waals surface area (Å²) in [6.07, 6.45) is 5.56. The van der Waals surface area contributed by atoms with Gasteiger partial charge in [0.1, 0.15) is 11.3 Å². The zero-order chi connectivity index (χ0) is 21.1. The lowest BCUT2D eigenvalue weighted by molar-refractivity contribution is -0.00575. The molecule has 0 atom stereocenters. The van der Waals surface area contributed by atoms with Gasteiger partial charge in [0.25, 0.3) is 5.91 Å². The molecule has 1 saturated carbocycles. The van der Waals surface area contributed by atoms with Crippen molar-refractivity contribution in [1.29, 1.82) is 0 Å². The second kappa shape index (κ2) is 8.52. The minimum Gasteiger partial charge on any atom is -0.454 e. The molecule has 2 aliphatic rings. The van der Waals surface area contributed by atoms with E-state index in [0.29, 0.717) is 41.2 Å². The number of ether oxygens (including phenoxy) is 3. The molecular weight excluding hydrogens is 384 g/mol. The van der Waals surface area contributed by atoms with E-state index >= 15 is 0 Å². The fraction of sp³-hybridized carbons (Fsp3) is 0.478. The van der Waals surface area contributed by atoms with E-state index in [1.165, 1.54) is 0 Å². The summed E-state index contributed by atoms with van der Waals surface area (Å²) in [4.78, 5) is 17.0. The van der Waals surface area contributed by atoms with E-state index in [9.17, 15) is 9.90 Å². The molecule has 7 nitrogen and oxygen atoms in total. The molecule has 1 aliphatic carbocycles. The number of amides is 1. The van der Waals surface area contributed by atoms with Crippen LogP contribution < -0.4 is 19.5 Å². The Kier molecular flexibility index (Phi) is 5.81. The maximum absolute atomic E-state index is 12.8. The summed E-state index contributed by atoms with van der Waals surface area (Å²) in [6.45, 7) is 4.55. The molecule has 0 saturated heterocycles. The Labute approximate surface area is 176 Å². The van der Waals surface area contributed by atoms with Gasteiger partial charge in [-0.05, 0) is 75.6 Å². The van der Waals surface area contributed by atoms with Gasteiger partial charge < -0.3 is 24.6 Å². The van der Waals surface area contributed by atoms with Crippen molar-refractivity contribution in [1.82, 2.24) is 10.3 Å². The average Bonchev–Trinajstić information content (AvgIpc) is 3.20. The van der Waals surface area contributed by atoms with Crippen molar-refractivity contribution in [2.45, 2.75) is 45.1 Å². The van der Waals surface area contributed by atoms with Gasteiger partial charge in [-0.25, -0.2) is 4.98 Å². The van der Waals surface area contributed by atoms with E-state index in [2.05, 4.69) is 10.3 Å². The van der Waals surface area contributed by atoms with Gasteiger partial charge in [0, 0.05) is 18.8 Å². The Morgan fingerprint density at radius 1 is 1.20 bits per heavy atom. The average molecular weight is 412 g/mol. The van der Waals surface area contributed by atoms with E-state index in [-0.39, 0.29) is 18.6 Å². The largest absolute Gasteiger partial charge is 0.454 e. The maximum atomic E-state index is 12.8. The summed E-state index contributed by atoms with van der Waals surface area (Å²) in [6, 6.07) is 8.67. The number of aliphatic hydroxyl groups is 1. The normalized spacial score (nSPS) is 20.6. The predicted octanol–water partition coefficient (Wildman–Crippen LogP) is 3.91. The Bertz CT molecular complexity index is 901.